The molecule has 3 heterocycles. The zero-order valence-electron chi connectivity index (χ0n) is 20.7. The predicted octanol–water partition coefficient (Wildman–Crippen LogP) is 4.52. The number of nitrogens with zero attached hydrogens (tertiary/aromatic N) is 7. The molecule has 2 aromatic carbocycles. The molecule has 0 fully saturated rings. The van der Waals surface area contributed by atoms with Gasteiger partial charge in [0.05, 0.1) is 17.8 Å². The van der Waals surface area contributed by atoms with Gasteiger partial charge in [-0.05, 0) is 32.2 Å². The third kappa shape index (κ3) is 4.61. The number of thioether (sulfide) groups is 1. The van der Waals surface area contributed by atoms with E-state index in [4.69, 9.17) is 5.10 Å². The van der Waals surface area contributed by atoms with Gasteiger partial charge in [0.1, 0.15) is 0 Å². The Morgan fingerprint density at radius 2 is 1.67 bits per heavy atom. The lowest BCUT2D eigenvalue weighted by atomic mass is 10.1. The number of aromatic nitrogens is 6. The molecule has 0 atom stereocenters. The number of likely N-dealkylation sites (N-methyl/N-ethyl adjacent to an activating group) is 1. The quantitative estimate of drug-likeness (QED) is 0.308. The van der Waals surface area contributed by atoms with E-state index in [-0.39, 0.29) is 12.3 Å². The number of fused-ring (bicyclic) bond motifs is 1. The molecule has 0 radical (unpaired) electrons. The summed E-state index contributed by atoms with van der Waals surface area (Å²) in [5.74, 6) is 0.554. The van der Waals surface area contributed by atoms with Crippen molar-refractivity contribution in [3.8, 4) is 16.9 Å². The van der Waals surface area contributed by atoms with E-state index in [1.807, 2.05) is 98.7 Å². The zero-order valence-corrected chi connectivity index (χ0v) is 21.5. The molecule has 3 aromatic heterocycles. The highest BCUT2D eigenvalue weighted by molar-refractivity contribution is 7.98. The number of rotatable bonds is 7. The van der Waals surface area contributed by atoms with Crippen LogP contribution in [0.5, 0.6) is 0 Å². The van der Waals surface area contributed by atoms with Gasteiger partial charge in [0.15, 0.2) is 0 Å². The van der Waals surface area contributed by atoms with Crippen molar-refractivity contribution in [3.05, 3.63) is 89.4 Å². The standard InChI is InChI=1S/C27H27N7OS/c1-18-23(19(2)34-26(28-18)29-27(31-34)36-4)15-24(35)32(3)16-21-17-33(22-13-9-6-10-14-22)30-25(21)20-11-7-5-8-12-20/h5-14,17H,15-16H2,1-4H3. The highest BCUT2D eigenvalue weighted by Crippen LogP contribution is 2.25. The second-order valence-electron chi connectivity index (χ2n) is 8.65. The van der Waals surface area contributed by atoms with Crippen molar-refractivity contribution in [2.24, 2.45) is 0 Å². The van der Waals surface area contributed by atoms with E-state index in [1.54, 1.807) is 9.42 Å². The Bertz CT molecular complexity index is 1530. The molecule has 0 saturated heterocycles. The second kappa shape index (κ2) is 9.94. The number of carbonyl (C=O) groups excluding carboxylic acids is 1. The Balaban J connectivity index is 1.43. The van der Waals surface area contributed by atoms with Crippen LogP contribution in [0, 0.1) is 13.8 Å². The van der Waals surface area contributed by atoms with Crippen LogP contribution in [0.1, 0.15) is 22.5 Å². The molecule has 8 nitrogen and oxygen atoms in total. The third-order valence-corrected chi connectivity index (χ3v) is 6.77. The average molecular weight is 498 g/mol. The van der Waals surface area contributed by atoms with Gasteiger partial charge in [0, 0.05) is 47.9 Å². The van der Waals surface area contributed by atoms with Crippen LogP contribution in [0.3, 0.4) is 0 Å². The van der Waals surface area contributed by atoms with Crippen LogP contribution in [0.4, 0.5) is 0 Å². The van der Waals surface area contributed by atoms with Crippen LogP contribution in [-0.2, 0) is 17.8 Å². The Labute approximate surface area is 214 Å². The molecule has 0 unspecified atom stereocenters. The predicted molar refractivity (Wildman–Crippen MR) is 141 cm³/mol. The molecule has 0 aliphatic rings. The number of benzene rings is 2. The summed E-state index contributed by atoms with van der Waals surface area (Å²) in [5, 5.41) is 10.0. The van der Waals surface area contributed by atoms with E-state index in [2.05, 4.69) is 15.1 Å². The molecular formula is C27H27N7OS. The topological polar surface area (TPSA) is 81.2 Å². The first-order valence-electron chi connectivity index (χ1n) is 11.6. The van der Waals surface area contributed by atoms with Crippen LogP contribution in [-0.4, -0.2) is 53.5 Å². The van der Waals surface area contributed by atoms with Gasteiger partial charge in [-0.15, -0.1) is 5.10 Å². The normalized spacial score (nSPS) is 11.2. The van der Waals surface area contributed by atoms with Crippen molar-refractivity contribution in [1.29, 1.82) is 0 Å². The van der Waals surface area contributed by atoms with Gasteiger partial charge in [-0.2, -0.15) is 10.1 Å². The fraction of sp³-hybridized carbons (Fsp3) is 0.222. The maximum atomic E-state index is 13.4. The summed E-state index contributed by atoms with van der Waals surface area (Å²) >= 11 is 1.47. The largest absolute Gasteiger partial charge is 0.341 e. The van der Waals surface area contributed by atoms with Gasteiger partial charge in [-0.25, -0.2) is 14.2 Å². The molecule has 0 N–H and O–H groups in total. The summed E-state index contributed by atoms with van der Waals surface area (Å²) in [6, 6.07) is 20.0. The SMILES string of the molecule is CSc1nc2nc(C)c(CC(=O)N(C)Cc3cn(-c4ccccc4)nc3-c3ccccc3)c(C)n2n1. The molecule has 9 heteroatoms. The van der Waals surface area contributed by atoms with Gasteiger partial charge in [0.2, 0.25) is 11.1 Å². The van der Waals surface area contributed by atoms with Crippen molar-refractivity contribution in [1.82, 2.24) is 34.3 Å². The van der Waals surface area contributed by atoms with E-state index in [1.165, 1.54) is 11.8 Å². The minimum Gasteiger partial charge on any atom is -0.341 e. The molecule has 0 aliphatic heterocycles. The van der Waals surface area contributed by atoms with Gasteiger partial charge in [-0.1, -0.05) is 60.3 Å². The van der Waals surface area contributed by atoms with Crippen LogP contribution >= 0.6 is 11.8 Å². The highest BCUT2D eigenvalue weighted by Gasteiger charge is 2.20. The van der Waals surface area contributed by atoms with Crippen molar-refractivity contribution in [3.63, 3.8) is 0 Å². The van der Waals surface area contributed by atoms with E-state index in [0.29, 0.717) is 17.5 Å². The van der Waals surface area contributed by atoms with Gasteiger partial charge < -0.3 is 4.90 Å². The number of para-hydroxylation sites is 1. The number of carbonyl (C=O) groups is 1. The van der Waals surface area contributed by atoms with E-state index in [9.17, 15) is 4.79 Å². The zero-order chi connectivity index (χ0) is 25.2. The Morgan fingerprint density at radius 3 is 2.36 bits per heavy atom. The molecule has 5 rings (SSSR count). The molecule has 182 valence electrons. The summed E-state index contributed by atoms with van der Waals surface area (Å²) in [6.45, 7) is 4.31. The smallest absolute Gasteiger partial charge is 0.253 e. The maximum absolute atomic E-state index is 13.4. The van der Waals surface area contributed by atoms with Crippen molar-refractivity contribution < 1.29 is 4.79 Å². The lowest BCUT2D eigenvalue weighted by molar-refractivity contribution is -0.129. The minimum atomic E-state index is -0.000900. The van der Waals surface area contributed by atoms with Gasteiger partial charge in [0.25, 0.3) is 5.78 Å². The highest BCUT2D eigenvalue weighted by atomic mass is 32.2. The Morgan fingerprint density at radius 1 is 0.972 bits per heavy atom. The summed E-state index contributed by atoms with van der Waals surface area (Å²) in [5.41, 5.74) is 6.38. The first-order chi connectivity index (χ1) is 17.4. The van der Waals surface area contributed by atoms with Crippen LogP contribution in [0.2, 0.25) is 0 Å². The second-order valence-corrected chi connectivity index (χ2v) is 9.42. The molecule has 0 spiro atoms. The van der Waals surface area contributed by atoms with Gasteiger partial charge >= 0.3 is 0 Å². The average Bonchev–Trinajstić information content (AvgIpc) is 3.51. The monoisotopic (exact) mass is 497 g/mol. The third-order valence-electron chi connectivity index (χ3n) is 6.23. The maximum Gasteiger partial charge on any atom is 0.253 e. The molecular weight excluding hydrogens is 470 g/mol. The van der Waals surface area contributed by atoms with Crippen molar-refractivity contribution in [2.75, 3.05) is 13.3 Å². The summed E-state index contributed by atoms with van der Waals surface area (Å²) < 4.78 is 3.59. The van der Waals surface area contributed by atoms with Gasteiger partial charge in [-0.3, -0.25) is 4.79 Å². The first kappa shape index (κ1) is 23.7. The summed E-state index contributed by atoms with van der Waals surface area (Å²) in [7, 11) is 1.83. The molecule has 0 saturated carbocycles. The van der Waals surface area contributed by atoms with Crippen LogP contribution < -0.4 is 0 Å². The Kier molecular flexibility index (Phi) is 6.56. The molecule has 5 aromatic rings. The summed E-state index contributed by atoms with van der Waals surface area (Å²) in [4.78, 5) is 24.1. The number of amides is 1. The number of hydrogen-bond acceptors (Lipinski definition) is 6. The molecule has 0 aliphatic carbocycles. The van der Waals surface area contributed by atoms with Crippen LogP contribution in [0.25, 0.3) is 22.7 Å². The number of hydrogen-bond donors (Lipinski definition) is 0. The first-order valence-corrected chi connectivity index (χ1v) is 12.9. The fourth-order valence-electron chi connectivity index (χ4n) is 4.24. The Hall–Kier alpha value is -3.98. The lowest BCUT2D eigenvalue weighted by Gasteiger charge is -2.18. The lowest BCUT2D eigenvalue weighted by Crippen LogP contribution is -2.28. The van der Waals surface area contributed by atoms with E-state index in [0.717, 1.165) is 39.5 Å². The van der Waals surface area contributed by atoms with Crippen molar-refractivity contribution in [2.45, 2.75) is 32.0 Å². The number of aryl methyl sites for hydroxylation is 2. The van der Waals surface area contributed by atoms with Crippen LogP contribution in [0.15, 0.2) is 72.0 Å². The summed E-state index contributed by atoms with van der Waals surface area (Å²) in [6.07, 6.45) is 4.17. The molecule has 0 bridgehead atoms. The van der Waals surface area contributed by atoms with E-state index >= 15 is 0 Å². The fourth-order valence-corrected chi connectivity index (χ4v) is 4.58. The molecule has 1 amide bonds. The molecule has 36 heavy (non-hydrogen) atoms. The van der Waals surface area contributed by atoms with E-state index < -0.39 is 0 Å². The van der Waals surface area contributed by atoms with Crippen molar-refractivity contribution >= 4 is 23.4 Å². The minimum absolute atomic E-state index is 0.000900.